The van der Waals surface area contributed by atoms with Crippen LogP contribution in [0.4, 0.5) is 5.69 Å². The molecule has 0 atom stereocenters. The van der Waals surface area contributed by atoms with Crippen molar-refractivity contribution in [3.05, 3.63) is 36.4 Å². The molecule has 2 nitrogen and oxygen atoms in total. The number of benzene rings is 1. The van der Waals surface area contributed by atoms with Crippen molar-refractivity contribution >= 4 is 5.69 Å². The molecule has 0 saturated carbocycles. The maximum absolute atomic E-state index is 5.57. The molecule has 1 aromatic carbocycles. The van der Waals surface area contributed by atoms with Crippen molar-refractivity contribution in [1.82, 2.24) is 0 Å². The fourth-order valence-electron chi connectivity index (χ4n) is 1.34. The third-order valence-electron chi connectivity index (χ3n) is 2.11. The van der Waals surface area contributed by atoms with Crippen molar-refractivity contribution in [1.29, 1.82) is 0 Å². The van der Waals surface area contributed by atoms with Crippen molar-refractivity contribution in [3.63, 3.8) is 0 Å². The Balaban J connectivity index is 2.42. The molecule has 0 fully saturated rings. The van der Waals surface area contributed by atoms with E-state index in [9.17, 15) is 0 Å². The van der Waals surface area contributed by atoms with Crippen LogP contribution in [-0.2, 0) is 0 Å². The van der Waals surface area contributed by atoms with Crippen LogP contribution in [-0.4, -0.2) is 12.6 Å². The molecule has 0 saturated heterocycles. The highest BCUT2D eigenvalue weighted by atomic mass is 16.5. The van der Waals surface area contributed by atoms with Crippen LogP contribution in [0.5, 0.6) is 5.75 Å². The highest BCUT2D eigenvalue weighted by Crippen LogP contribution is 2.16. The first-order valence-corrected chi connectivity index (χ1v) is 5.73. The third-order valence-corrected chi connectivity index (χ3v) is 2.11. The average molecular weight is 219 g/mol. The zero-order valence-electron chi connectivity index (χ0n) is 10.4. The molecule has 1 N–H and O–H groups in total. The van der Waals surface area contributed by atoms with Crippen molar-refractivity contribution in [2.45, 2.75) is 33.3 Å². The normalized spacial score (nSPS) is 10.2. The smallest absolute Gasteiger partial charge is 0.119 e. The minimum Gasteiger partial charge on any atom is -0.491 e. The van der Waals surface area contributed by atoms with Crippen LogP contribution in [0, 0.1) is 0 Å². The minimum absolute atomic E-state index is 0.224. The molecule has 0 spiro atoms. The van der Waals surface area contributed by atoms with E-state index < -0.39 is 0 Å². The van der Waals surface area contributed by atoms with E-state index in [1.807, 2.05) is 45.0 Å². The summed E-state index contributed by atoms with van der Waals surface area (Å²) in [5.41, 5.74) is 2.32. The SMILES string of the molecule is C=C(C)CCNc1ccc(OC(C)C)cc1. The van der Waals surface area contributed by atoms with Crippen molar-refractivity contribution < 1.29 is 4.74 Å². The molecular formula is C14H21NO. The third kappa shape index (κ3) is 4.87. The summed E-state index contributed by atoms with van der Waals surface area (Å²) in [5.74, 6) is 0.917. The first-order valence-electron chi connectivity index (χ1n) is 5.73. The summed E-state index contributed by atoms with van der Waals surface area (Å²) in [5, 5.41) is 3.34. The van der Waals surface area contributed by atoms with Gasteiger partial charge in [0.05, 0.1) is 6.10 Å². The topological polar surface area (TPSA) is 21.3 Å². The molecule has 1 aromatic rings. The number of hydrogen-bond acceptors (Lipinski definition) is 2. The van der Waals surface area contributed by atoms with Crippen LogP contribution >= 0.6 is 0 Å². The van der Waals surface area contributed by atoms with Crippen molar-refractivity contribution in [2.24, 2.45) is 0 Å². The van der Waals surface area contributed by atoms with Crippen LogP contribution in [0.25, 0.3) is 0 Å². The van der Waals surface area contributed by atoms with Crippen LogP contribution in [0.3, 0.4) is 0 Å². The first-order chi connectivity index (χ1) is 7.58. The monoisotopic (exact) mass is 219 g/mol. The van der Waals surface area contributed by atoms with Gasteiger partial charge in [0.15, 0.2) is 0 Å². The molecule has 88 valence electrons. The van der Waals surface area contributed by atoms with E-state index >= 15 is 0 Å². The van der Waals surface area contributed by atoms with Gasteiger partial charge in [-0.15, -0.1) is 6.58 Å². The van der Waals surface area contributed by atoms with Crippen LogP contribution < -0.4 is 10.1 Å². The Bertz CT molecular complexity index is 327. The van der Waals surface area contributed by atoms with Gasteiger partial charge < -0.3 is 10.1 Å². The number of anilines is 1. The molecule has 16 heavy (non-hydrogen) atoms. The van der Waals surface area contributed by atoms with Gasteiger partial charge in [0.2, 0.25) is 0 Å². The summed E-state index contributed by atoms with van der Waals surface area (Å²) in [7, 11) is 0. The van der Waals surface area contributed by atoms with Gasteiger partial charge in [-0.2, -0.15) is 0 Å². The second-order valence-corrected chi connectivity index (χ2v) is 4.32. The zero-order chi connectivity index (χ0) is 12.0. The predicted octanol–water partition coefficient (Wildman–Crippen LogP) is 3.85. The first kappa shape index (κ1) is 12.6. The average Bonchev–Trinajstić information content (AvgIpc) is 2.19. The van der Waals surface area contributed by atoms with Gasteiger partial charge in [0, 0.05) is 12.2 Å². The highest BCUT2D eigenvalue weighted by molar-refractivity contribution is 5.46. The lowest BCUT2D eigenvalue weighted by molar-refractivity contribution is 0.242. The Kier molecular flexibility index (Phi) is 4.90. The highest BCUT2D eigenvalue weighted by Gasteiger charge is 1.97. The van der Waals surface area contributed by atoms with E-state index in [4.69, 9.17) is 4.74 Å². The van der Waals surface area contributed by atoms with Gasteiger partial charge in [0.25, 0.3) is 0 Å². The molecule has 0 bridgehead atoms. The molecule has 0 amide bonds. The number of rotatable bonds is 6. The molecule has 0 radical (unpaired) electrons. The van der Waals surface area contributed by atoms with Crippen LogP contribution in [0.1, 0.15) is 27.2 Å². The number of nitrogens with one attached hydrogen (secondary N) is 1. The molecule has 0 unspecified atom stereocenters. The van der Waals surface area contributed by atoms with Crippen molar-refractivity contribution in [3.8, 4) is 5.75 Å². The summed E-state index contributed by atoms with van der Waals surface area (Å²) in [4.78, 5) is 0. The second-order valence-electron chi connectivity index (χ2n) is 4.32. The summed E-state index contributed by atoms with van der Waals surface area (Å²) in [6, 6.07) is 8.05. The van der Waals surface area contributed by atoms with Gasteiger partial charge in [-0.3, -0.25) is 0 Å². The quantitative estimate of drug-likeness (QED) is 0.734. The standard InChI is InChI=1S/C14H21NO/c1-11(2)9-10-15-13-5-7-14(8-6-13)16-12(3)4/h5-8,12,15H,1,9-10H2,2-4H3. The lowest BCUT2D eigenvalue weighted by Crippen LogP contribution is -2.05. The molecule has 0 heterocycles. The minimum atomic E-state index is 0.224. The largest absolute Gasteiger partial charge is 0.491 e. The summed E-state index contributed by atoms with van der Waals surface area (Å²) in [6.07, 6.45) is 1.23. The van der Waals surface area contributed by atoms with Gasteiger partial charge in [0.1, 0.15) is 5.75 Å². The van der Waals surface area contributed by atoms with E-state index in [1.54, 1.807) is 0 Å². The Morgan fingerprint density at radius 1 is 1.31 bits per heavy atom. The lowest BCUT2D eigenvalue weighted by Gasteiger charge is -2.11. The van der Waals surface area contributed by atoms with E-state index in [0.717, 1.165) is 24.4 Å². The Morgan fingerprint density at radius 3 is 2.44 bits per heavy atom. The summed E-state index contributed by atoms with van der Waals surface area (Å²) in [6.45, 7) is 10.9. The molecular weight excluding hydrogens is 198 g/mol. The second kappa shape index (κ2) is 6.21. The Labute approximate surface area is 98.3 Å². The molecule has 2 heteroatoms. The molecule has 0 aliphatic rings. The van der Waals surface area contributed by atoms with Gasteiger partial charge in [-0.1, -0.05) is 5.57 Å². The zero-order valence-corrected chi connectivity index (χ0v) is 10.4. The molecule has 0 aliphatic heterocycles. The van der Waals surface area contributed by atoms with Gasteiger partial charge in [-0.25, -0.2) is 0 Å². The van der Waals surface area contributed by atoms with Crippen molar-refractivity contribution in [2.75, 3.05) is 11.9 Å². The van der Waals surface area contributed by atoms with E-state index in [-0.39, 0.29) is 6.10 Å². The van der Waals surface area contributed by atoms with E-state index in [2.05, 4.69) is 11.9 Å². The fourth-order valence-corrected chi connectivity index (χ4v) is 1.34. The fraction of sp³-hybridized carbons (Fsp3) is 0.429. The number of ether oxygens (including phenoxy) is 1. The van der Waals surface area contributed by atoms with E-state index in [1.165, 1.54) is 5.57 Å². The maximum atomic E-state index is 5.57. The van der Waals surface area contributed by atoms with E-state index in [0.29, 0.717) is 0 Å². The molecule has 0 aliphatic carbocycles. The van der Waals surface area contributed by atoms with Crippen LogP contribution in [0.2, 0.25) is 0 Å². The Morgan fingerprint density at radius 2 is 1.94 bits per heavy atom. The molecule has 1 rings (SSSR count). The predicted molar refractivity (Wildman–Crippen MR) is 70.1 cm³/mol. The lowest BCUT2D eigenvalue weighted by atomic mass is 10.2. The van der Waals surface area contributed by atoms with Gasteiger partial charge in [-0.05, 0) is 51.5 Å². The molecule has 0 aromatic heterocycles. The maximum Gasteiger partial charge on any atom is 0.119 e. The number of hydrogen-bond donors (Lipinski definition) is 1. The summed E-state index contributed by atoms with van der Waals surface area (Å²) < 4.78 is 5.57. The van der Waals surface area contributed by atoms with Crippen LogP contribution in [0.15, 0.2) is 36.4 Å². The van der Waals surface area contributed by atoms with Gasteiger partial charge >= 0.3 is 0 Å². The summed E-state index contributed by atoms with van der Waals surface area (Å²) >= 11 is 0. The Hall–Kier alpha value is -1.44.